The van der Waals surface area contributed by atoms with Gasteiger partial charge in [-0.25, -0.2) is 23.5 Å². The van der Waals surface area contributed by atoms with Crippen molar-refractivity contribution in [2.75, 3.05) is 23.3 Å². The highest BCUT2D eigenvalue weighted by Crippen LogP contribution is 2.18. The lowest BCUT2D eigenvalue weighted by atomic mass is 10.3. The van der Waals surface area contributed by atoms with Gasteiger partial charge in [-0.1, -0.05) is 0 Å². The van der Waals surface area contributed by atoms with Gasteiger partial charge >= 0.3 is 6.03 Å². The highest BCUT2D eigenvalue weighted by Gasteiger charge is 2.15. The van der Waals surface area contributed by atoms with Crippen LogP contribution in [-0.2, 0) is 6.54 Å². The van der Waals surface area contributed by atoms with E-state index in [2.05, 4.69) is 25.5 Å². The summed E-state index contributed by atoms with van der Waals surface area (Å²) >= 11 is 0. The Kier molecular flexibility index (Phi) is 5.06. The number of amides is 2. The van der Waals surface area contributed by atoms with Crippen molar-refractivity contribution >= 4 is 17.5 Å². The molecule has 0 atom stereocenters. The maximum absolute atomic E-state index is 13.5. The van der Waals surface area contributed by atoms with Gasteiger partial charge in [-0.05, 0) is 31.9 Å². The van der Waals surface area contributed by atoms with Crippen LogP contribution in [0, 0.1) is 18.6 Å². The highest BCUT2D eigenvalue weighted by atomic mass is 19.1. The Bertz CT molecular complexity index is 778. The third-order valence-corrected chi connectivity index (χ3v) is 3.90. The van der Waals surface area contributed by atoms with Crippen molar-refractivity contribution < 1.29 is 13.6 Å². The third-order valence-electron chi connectivity index (χ3n) is 3.90. The fraction of sp³-hybridized carbons (Fsp3) is 0.353. The lowest BCUT2D eigenvalue weighted by molar-refractivity contribution is 0.251. The number of aryl methyl sites for hydroxylation is 1. The molecule has 1 fully saturated rings. The number of nitrogens with zero attached hydrogens (tertiary/aromatic N) is 3. The van der Waals surface area contributed by atoms with Gasteiger partial charge in [0.1, 0.15) is 23.3 Å². The van der Waals surface area contributed by atoms with Gasteiger partial charge in [0.05, 0.1) is 12.2 Å². The summed E-state index contributed by atoms with van der Waals surface area (Å²) in [4.78, 5) is 22.8. The summed E-state index contributed by atoms with van der Waals surface area (Å²) in [7, 11) is 0. The van der Waals surface area contributed by atoms with Crippen molar-refractivity contribution in [3.63, 3.8) is 0 Å². The Hall–Kier alpha value is -2.77. The Balaban J connectivity index is 1.62. The van der Waals surface area contributed by atoms with E-state index < -0.39 is 17.7 Å². The molecule has 0 saturated carbocycles. The molecule has 2 amide bonds. The second kappa shape index (κ2) is 7.42. The Morgan fingerprint density at radius 3 is 2.72 bits per heavy atom. The molecule has 0 bridgehead atoms. The normalized spacial score (nSPS) is 13.8. The minimum absolute atomic E-state index is 0.0886. The number of anilines is 2. The Morgan fingerprint density at radius 1 is 1.20 bits per heavy atom. The van der Waals surface area contributed by atoms with Crippen LogP contribution in [0.4, 0.5) is 25.1 Å². The first-order valence-electron chi connectivity index (χ1n) is 8.11. The number of urea groups is 1. The predicted octanol–water partition coefficient (Wildman–Crippen LogP) is 2.99. The molecular weight excluding hydrogens is 328 g/mol. The SMILES string of the molecule is Cc1cc(N2CCCC2)nc(CNC(=O)Nc2cc(F)ccc2F)n1. The molecule has 6 nitrogen and oxygen atoms in total. The topological polar surface area (TPSA) is 70.2 Å². The number of aromatic nitrogens is 2. The molecule has 132 valence electrons. The minimum atomic E-state index is -0.709. The molecule has 1 aliphatic rings. The largest absolute Gasteiger partial charge is 0.357 e. The number of carbonyl (C=O) groups excluding carboxylic acids is 1. The molecule has 0 aliphatic carbocycles. The molecule has 3 rings (SSSR count). The number of hydrogen-bond acceptors (Lipinski definition) is 4. The van der Waals surface area contributed by atoms with E-state index in [1.807, 2.05) is 13.0 Å². The molecule has 25 heavy (non-hydrogen) atoms. The maximum atomic E-state index is 13.5. The van der Waals surface area contributed by atoms with E-state index in [4.69, 9.17) is 0 Å². The summed E-state index contributed by atoms with van der Waals surface area (Å²) in [6.07, 6.45) is 2.27. The van der Waals surface area contributed by atoms with E-state index in [9.17, 15) is 13.6 Å². The summed E-state index contributed by atoms with van der Waals surface area (Å²) in [5, 5.41) is 4.83. The lowest BCUT2D eigenvalue weighted by Crippen LogP contribution is -2.30. The molecule has 0 unspecified atom stereocenters. The number of halogens is 2. The summed E-state index contributed by atoms with van der Waals surface area (Å²) in [6.45, 7) is 3.88. The van der Waals surface area contributed by atoms with Crippen LogP contribution in [0.3, 0.4) is 0 Å². The van der Waals surface area contributed by atoms with Crippen molar-refractivity contribution in [3.05, 3.63) is 47.4 Å². The first-order chi connectivity index (χ1) is 12.0. The van der Waals surface area contributed by atoms with E-state index in [0.717, 1.165) is 55.6 Å². The number of rotatable bonds is 4. The summed E-state index contributed by atoms with van der Waals surface area (Å²) in [5.41, 5.74) is 0.589. The van der Waals surface area contributed by atoms with Crippen LogP contribution in [0.15, 0.2) is 24.3 Å². The van der Waals surface area contributed by atoms with Crippen LogP contribution in [0.2, 0.25) is 0 Å². The van der Waals surface area contributed by atoms with Crippen molar-refractivity contribution in [3.8, 4) is 0 Å². The van der Waals surface area contributed by atoms with Crippen molar-refractivity contribution in [1.29, 1.82) is 0 Å². The fourth-order valence-corrected chi connectivity index (χ4v) is 2.72. The number of benzene rings is 1. The van der Waals surface area contributed by atoms with Gasteiger partial charge in [0.25, 0.3) is 0 Å². The molecule has 1 saturated heterocycles. The lowest BCUT2D eigenvalue weighted by Gasteiger charge is -2.17. The van der Waals surface area contributed by atoms with Gasteiger partial charge < -0.3 is 15.5 Å². The van der Waals surface area contributed by atoms with Gasteiger partial charge in [0.15, 0.2) is 0 Å². The molecule has 1 aromatic heterocycles. The molecule has 2 heterocycles. The second-order valence-corrected chi connectivity index (χ2v) is 5.91. The summed E-state index contributed by atoms with van der Waals surface area (Å²) in [5.74, 6) is -0.0243. The molecule has 1 aromatic carbocycles. The molecule has 0 spiro atoms. The first kappa shape index (κ1) is 17.1. The van der Waals surface area contributed by atoms with Crippen LogP contribution in [0.5, 0.6) is 0 Å². The van der Waals surface area contributed by atoms with Crippen molar-refractivity contribution in [2.45, 2.75) is 26.3 Å². The minimum Gasteiger partial charge on any atom is -0.357 e. The summed E-state index contributed by atoms with van der Waals surface area (Å²) in [6, 6.07) is 4.12. The maximum Gasteiger partial charge on any atom is 0.319 e. The Labute approximate surface area is 144 Å². The third kappa shape index (κ3) is 4.40. The monoisotopic (exact) mass is 347 g/mol. The first-order valence-corrected chi connectivity index (χ1v) is 8.11. The molecule has 8 heteroatoms. The van der Waals surface area contributed by atoms with Crippen molar-refractivity contribution in [1.82, 2.24) is 15.3 Å². The average Bonchev–Trinajstić information content (AvgIpc) is 3.10. The van der Waals surface area contributed by atoms with E-state index in [1.165, 1.54) is 0 Å². The number of carbonyl (C=O) groups is 1. The van der Waals surface area contributed by atoms with Crippen LogP contribution < -0.4 is 15.5 Å². The number of nitrogens with one attached hydrogen (secondary N) is 2. The van der Waals surface area contributed by atoms with E-state index in [-0.39, 0.29) is 12.2 Å². The van der Waals surface area contributed by atoms with Crippen LogP contribution in [-0.4, -0.2) is 29.1 Å². The van der Waals surface area contributed by atoms with Crippen LogP contribution >= 0.6 is 0 Å². The van der Waals surface area contributed by atoms with Gasteiger partial charge in [0, 0.05) is 30.9 Å². The van der Waals surface area contributed by atoms with Gasteiger partial charge in [-0.3, -0.25) is 0 Å². The highest BCUT2D eigenvalue weighted by molar-refractivity contribution is 5.89. The quantitative estimate of drug-likeness (QED) is 0.892. The zero-order chi connectivity index (χ0) is 17.8. The zero-order valence-corrected chi connectivity index (χ0v) is 13.9. The molecule has 2 N–H and O–H groups in total. The standard InChI is InChI=1S/C17H19F2N5O/c1-11-8-16(24-6-2-3-7-24)23-15(21-11)10-20-17(25)22-14-9-12(18)4-5-13(14)19/h4-5,8-9H,2-3,6-7,10H2,1H3,(H2,20,22,25). The van der Waals surface area contributed by atoms with Gasteiger partial charge in [-0.15, -0.1) is 0 Å². The van der Waals surface area contributed by atoms with Gasteiger partial charge in [0.2, 0.25) is 0 Å². The average molecular weight is 347 g/mol. The second-order valence-electron chi connectivity index (χ2n) is 5.91. The predicted molar refractivity (Wildman–Crippen MR) is 90.4 cm³/mol. The van der Waals surface area contributed by atoms with Crippen LogP contribution in [0.1, 0.15) is 24.4 Å². The Morgan fingerprint density at radius 2 is 1.96 bits per heavy atom. The van der Waals surface area contributed by atoms with E-state index in [1.54, 1.807) is 0 Å². The van der Waals surface area contributed by atoms with Crippen LogP contribution in [0.25, 0.3) is 0 Å². The molecular formula is C17H19F2N5O. The zero-order valence-electron chi connectivity index (χ0n) is 13.9. The van der Waals surface area contributed by atoms with E-state index in [0.29, 0.717) is 5.82 Å². The smallest absolute Gasteiger partial charge is 0.319 e. The van der Waals surface area contributed by atoms with Gasteiger partial charge in [-0.2, -0.15) is 0 Å². The van der Waals surface area contributed by atoms with E-state index >= 15 is 0 Å². The number of hydrogen-bond donors (Lipinski definition) is 2. The summed E-state index contributed by atoms with van der Waals surface area (Å²) < 4.78 is 26.7. The molecule has 2 aromatic rings. The molecule has 1 aliphatic heterocycles. The fourth-order valence-electron chi connectivity index (χ4n) is 2.72. The molecule has 0 radical (unpaired) electrons. The van der Waals surface area contributed by atoms with Crippen molar-refractivity contribution in [2.24, 2.45) is 0 Å².